The topological polar surface area (TPSA) is 71.5 Å². The molecule has 2 heterocycles. The highest BCUT2D eigenvalue weighted by atomic mass is 15.3. The van der Waals surface area contributed by atoms with Gasteiger partial charge in [-0.25, -0.2) is 4.98 Å². The molecule has 0 saturated carbocycles. The summed E-state index contributed by atoms with van der Waals surface area (Å²) in [5, 5.41) is 16.9. The van der Waals surface area contributed by atoms with Crippen molar-refractivity contribution in [2.75, 3.05) is 0 Å². The van der Waals surface area contributed by atoms with Crippen molar-refractivity contribution >= 4 is 0 Å². The van der Waals surface area contributed by atoms with Crippen LogP contribution < -0.4 is 5.32 Å². The normalized spacial score (nSPS) is 10.9. The molecule has 0 amide bonds. The van der Waals surface area contributed by atoms with Crippen LogP contribution in [-0.4, -0.2) is 25.4 Å². The smallest absolute Gasteiger partial charge is 0.218 e. The van der Waals surface area contributed by atoms with Crippen LogP contribution >= 0.6 is 0 Å². The fraction of sp³-hybridized carbons (Fsp3) is 0.462. The first-order chi connectivity index (χ1) is 9.04. The Kier molecular flexibility index (Phi) is 3.67. The van der Waals surface area contributed by atoms with Gasteiger partial charge >= 0.3 is 0 Å². The van der Waals surface area contributed by atoms with E-state index in [1.165, 1.54) is 0 Å². The van der Waals surface area contributed by atoms with Gasteiger partial charge in [-0.15, -0.1) is 0 Å². The summed E-state index contributed by atoms with van der Waals surface area (Å²) < 4.78 is 3.56. The van der Waals surface area contributed by atoms with E-state index in [0.29, 0.717) is 11.9 Å². The first kappa shape index (κ1) is 13.3. The maximum Gasteiger partial charge on any atom is 0.218 e. The van der Waals surface area contributed by atoms with Crippen molar-refractivity contribution in [2.45, 2.75) is 33.4 Å². The third-order valence-corrected chi connectivity index (χ3v) is 2.97. The molecule has 1 N–H and O–H groups in total. The van der Waals surface area contributed by atoms with Gasteiger partial charge in [0.05, 0.1) is 5.69 Å². The van der Waals surface area contributed by atoms with Gasteiger partial charge in [0.25, 0.3) is 0 Å². The molecule has 0 aliphatic rings. The molecule has 0 radical (unpaired) electrons. The summed E-state index contributed by atoms with van der Waals surface area (Å²) in [6, 6.07) is 2.49. The quantitative estimate of drug-likeness (QED) is 0.896. The van der Waals surface area contributed by atoms with Gasteiger partial charge in [-0.3, -0.25) is 9.25 Å². The number of nitrogens with zero attached hydrogens (tertiary/aromatic N) is 5. The van der Waals surface area contributed by atoms with E-state index in [0.717, 1.165) is 23.6 Å². The zero-order chi connectivity index (χ0) is 14.0. The molecule has 0 bridgehead atoms. The minimum atomic E-state index is 0.369. The Hall–Kier alpha value is -2.13. The van der Waals surface area contributed by atoms with Crippen LogP contribution in [0.5, 0.6) is 0 Å². The van der Waals surface area contributed by atoms with Gasteiger partial charge in [0.2, 0.25) is 5.82 Å². The monoisotopic (exact) mass is 258 g/mol. The van der Waals surface area contributed by atoms with Crippen molar-refractivity contribution in [3.63, 3.8) is 0 Å². The fourth-order valence-corrected chi connectivity index (χ4v) is 2.06. The minimum absolute atomic E-state index is 0.369. The second-order valence-electron chi connectivity index (χ2n) is 4.78. The highest BCUT2D eigenvalue weighted by Gasteiger charge is 2.17. The Morgan fingerprint density at radius 2 is 2.21 bits per heavy atom. The Morgan fingerprint density at radius 3 is 2.84 bits per heavy atom. The van der Waals surface area contributed by atoms with Crippen molar-refractivity contribution in [2.24, 2.45) is 7.05 Å². The van der Waals surface area contributed by atoms with Crippen molar-refractivity contribution in [3.8, 4) is 11.9 Å². The molecule has 2 aromatic heterocycles. The number of nitriles is 1. The van der Waals surface area contributed by atoms with Gasteiger partial charge in [-0.2, -0.15) is 10.4 Å². The fourth-order valence-electron chi connectivity index (χ4n) is 2.06. The molecule has 0 aliphatic carbocycles. The van der Waals surface area contributed by atoms with E-state index in [1.54, 1.807) is 21.6 Å². The van der Waals surface area contributed by atoms with Crippen LogP contribution in [0.4, 0.5) is 0 Å². The second-order valence-corrected chi connectivity index (χ2v) is 4.78. The first-order valence-electron chi connectivity index (χ1n) is 6.24. The molecule has 2 rings (SSSR count). The van der Waals surface area contributed by atoms with Crippen LogP contribution in [0.1, 0.15) is 30.9 Å². The van der Waals surface area contributed by atoms with Crippen LogP contribution in [0.3, 0.4) is 0 Å². The van der Waals surface area contributed by atoms with Crippen molar-refractivity contribution < 1.29 is 0 Å². The number of imidazole rings is 1. The predicted molar refractivity (Wildman–Crippen MR) is 71.8 cm³/mol. The molecule has 19 heavy (non-hydrogen) atoms. The summed E-state index contributed by atoms with van der Waals surface area (Å²) in [5.41, 5.74) is 2.05. The maximum atomic E-state index is 9.10. The average Bonchev–Trinajstić information content (AvgIpc) is 2.90. The average molecular weight is 258 g/mol. The molecule has 100 valence electrons. The van der Waals surface area contributed by atoms with Crippen LogP contribution in [0.15, 0.2) is 12.4 Å². The highest BCUT2D eigenvalue weighted by molar-refractivity contribution is 5.40. The molecule has 0 spiro atoms. The number of rotatable bonds is 4. The molecule has 0 unspecified atom stereocenters. The summed E-state index contributed by atoms with van der Waals surface area (Å²) in [5.74, 6) is 1.26. The highest BCUT2D eigenvalue weighted by Crippen LogP contribution is 2.19. The van der Waals surface area contributed by atoms with E-state index in [-0.39, 0.29) is 0 Å². The van der Waals surface area contributed by atoms with Gasteiger partial charge in [0.15, 0.2) is 0 Å². The van der Waals surface area contributed by atoms with Crippen LogP contribution in [0.25, 0.3) is 5.82 Å². The molecule has 0 aromatic carbocycles. The summed E-state index contributed by atoms with van der Waals surface area (Å²) in [6.45, 7) is 6.89. The van der Waals surface area contributed by atoms with E-state index < -0.39 is 0 Å². The molecule has 2 aromatic rings. The largest absolute Gasteiger partial charge is 0.310 e. The summed E-state index contributed by atoms with van der Waals surface area (Å²) in [4.78, 5) is 4.04. The zero-order valence-electron chi connectivity index (χ0n) is 11.7. The minimum Gasteiger partial charge on any atom is -0.310 e. The SMILES string of the molecule is Cc1nn(C)c(-n2ccnc2C#N)c1CNC(C)C. The van der Waals surface area contributed by atoms with Crippen LogP contribution in [0.2, 0.25) is 0 Å². The second kappa shape index (κ2) is 5.24. The molecule has 0 aliphatic heterocycles. The Labute approximate surface area is 112 Å². The lowest BCUT2D eigenvalue weighted by Crippen LogP contribution is -2.23. The van der Waals surface area contributed by atoms with Crippen LogP contribution in [0, 0.1) is 18.3 Å². The Morgan fingerprint density at radius 1 is 1.47 bits per heavy atom. The van der Waals surface area contributed by atoms with Crippen molar-refractivity contribution in [3.05, 3.63) is 29.5 Å². The van der Waals surface area contributed by atoms with Gasteiger partial charge in [0, 0.05) is 37.6 Å². The van der Waals surface area contributed by atoms with E-state index in [1.807, 2.05) is 14.0 Å². The summed E-state index contributed by atoms with van der Waals surface area (Å²) in [6.07, 6.45) is 3.41. The lowest BCUT2D eigenvalue weighted by molar-refractivity contribution is 0.585. The molecule has 0 fully saturated rings. The van der Waals surface area contributed by atoms with E-state index in [9.17, 15) is 0 Å². The third-order valence-electron chi connectivity index (χ3n) is 2.97. The third kappa shape index (κ3) is 2.51. The molecular formula is C13H18N6. The van der Waals surface area contributed by atoms with Crippen molar-refractivity contribution in [1.29, 1.82) is 5.26 Å². The summed E-state index contributed by atoms with van der Waals surface area (Å²) >= 11 is 0. The van der Waals surface area contributed by atoms with E-state index in [4.69, 9.17) is 5.26 Å². The number of hydrogen-bond donors (Lipinski definition) is 1. The maximum absolute atomic E-state index is 9.10. The molecule has 6 nitrogen and oxygen atoms in total. The summed E-state index contributed by atoms with van der Waals surface area (Å²) in [7, 11) is 1.88. The van der Waals surface area contributed by atoms with Crippen LogP contribution in [-0.2, 0) is 13.6 Å². The number of hydrogen-bond acceptors (Lipinski definition) is 4. The first-order valence-corrected chi connectivity index (χ1v) is 6.24. The number of nitrogens with one attached hydrogen (secondary N) is 1. The lowest BCUT2D eigenvalue weighted by atomic mass is 10.2. The van der Waals surface area contributed by atoms with E-state index >= 15 is 0 Å². The van der Waals surface area contributed by atoms with Gasteiger partial charge in [-0.05, 0) is 6.92 Å². The van der Waals surface area contributed by atoms with Gasteiger partial charge < -0.3 is 5.32 Å². The Balaban J connectivity index is 2.48. The predicted octanol–water partition coefficient (Wildman–Crippen LogP) is 1.28. The molecule has 0 saturated heterocycles. The Bertz CT molecular complexity index is 614. The zero-order valence-corrected chi connectivity index (χ0v) is 11.7. The van der Waals surface area contributed by atoms with Crippen molar-refractivity contribution in [1.82, 2.24) is 24.6 Å². The standard InChI is InChI=1S/C13H18N6/c1-9(2)16-8-11-10(3)17-18(4)13(11)19-6-5-15-12(19)7-14/h5-6,9,16H,8H2,1-4H3. The number of aromatic nitrogens is 4. The molecule has 0 atom stereocenters. The molecule has 6 heteroatoms. The molecular weight excluding hydrogens is 240 g/mol. The number of aryl methyl sites for hydroxylation is 2. The van der Waals surface area contributed by atoms with E-state index in [2.05, 4.69) is 35.3 Å². The van der Waals surface area contributed by atoms with Gasteiger partial charge in [0.1, 0.15) is 11.9 Å². The van der Waals surface area contributed by atoms with Gasteiger partial charge in [-0.1, -0.05) is 13.8 Å². The lowest BCUT2D eigenvalue weighted by Gasteiger charge is -2.11.